The number of nitrogens with zero attached hydrogens (tertiary/aromatic N) is 3. The molecule has 4 rings (SSSR count). The highest BCUT2D eigenvalue weighted by molar-refractivity contribution is 6.21. The van der Waals surface area contributed by atoms with E-state index in [4.69, 9.17) is 0 Å². The standard InChI is InChI=1S/C23H25N3O3/c27-21(18-8-2-1-3-9-18)25-16-14-24(15-17-25)12-6-7-13-26-22(28)19-10-4-5-11-20(19)23(26)29/h1-5,8-11H,6-7,12-17H2. The van der Waals surface area contributed by atoms with E-state index in [0.29, 0.717) is 17.7 Å². The van der Waals surface area contributed by atoms with Crippen LogP contribution in [0.2, 0.25) is 0 Å². The molecule has 0 atom stereocenters. The molecule has 2 aliphatic heterocycles. The summed E-state index contributed by atoms with van der Waals surface area (Å²) in [5, 5.41) is 0. The minimum absolute atomic E-state index is 0.0934. The molecule has 0 aliphatic carbocycles. The molecule has 1 saturated heterocycles. The van der Waals surface area contributed by atoms with Gasteiger partial charge >= 0.3 is 0 Å². The zero-order valence-corrected chi connectivity index (χ0v) is 16.4. The fourth-order valence-electron chi connectivity index (χ4n) is 3.99. The predicted molar refractivity (Wildman–Crippen MR) is 110 cm³/mol. The third kappa shape index (κ3) is 4.07. The van der Waals surface area contributed by atoms with E-state index in [1.165, 1.54) is 4.90 Å². The summed E-state index contributed by atoms with van der Waals surface area (Å²) >= 11 is 0. The first kappa shape index (κ1) is 19.3. The quantitative estimate of drug-likeness (QED) is 0.561. The van der Waals surface area contributed by atoms with Crippen LogP contribution in [0.4, 0.5) is 0 Å². The minimum Gasteiger partial charge on any atom is -0.336 e. The van der Waals surface area contributed by atoms with E-state index in [9.17, 15) is 14.4 Å². The first-order valence-corrected chi connectivity index (χ1v) is 10.2. The van der Waals surface area contributed by atoms with Gasteiger partial charge in [0.15, 0.2) is 0 Å². The van der Waals surface area contributed by atoms with Crippen LogP contribution in [-0.2, 0) is 0 Å². The number of benzene rings is 2. The van der Waals surface area contributed by atoms with Crippen molar-refractivity contribution in [2.75, 3.05) is 39.3 Å². The van der Waals surface area contributed by atoms with Gasteiger partial charge in [-0.25, -0.2) is 0 Å². The highest BCUT2D eigenvalue weighted by Crippen LogP contribution is 2.22. The second-order valence-electron chi connectivity index (χ2n) is 7.51. The second kappa shape index (κ2) is 8.57. The molecule has 0 saturated carbocycles. The minimum atomic E-state index is -0.182. The van der Waals surface area contributed by atoms with Crippen molar-refractivity contribution in [3.05, 3.63) is 71.3 Å². The van der Waals surface area contributed by atoms with E-state index in [0.717, 1.165) is 51.1 Å². The van der Waals surface area contributed by atoms with Crippen molar-refractivity contribution in [1.82, 2.24) is 14.7 Å². The summed E-state index contributed by atoms with van der Waals surface area (Å²) in [6, 6.07) is 16.4. The molecule has 0 aromatic heterocycles. The van der Waals surface area contributed by atoms with Gasteiger partial charge in [-0.15, -0.1) is 0 Å². The summed E-state index contributed by atoms with van der Waals surface area (Å²) in [5.74, 6) is -0.270. The van der Waals surface area contributed by atoms with E-state index in [-0.39, 0.29) is 17.7 Å². The van der Waals surface area contributed by atoms with Gasteiger partial charge in [0.05, 0.1) is 11.1 Å². The maximum absolute atomic E-state index is 12.5. The Balaban J connectivity index is 1.19. The Hall–Kier alpha value is -2.99. The number of piperazine rings is 1. The molecule has 0 bridgehead atoms. The van der Waals surface area contributed by atoms with Gasteiger partial charge < -0.3 is 4.90 Å². The maximum atomic E-state index is 12.5. The fourth-order valence-corrected chi connectivity index (χ4v) is 3.99. The van der Waals surface area contributed by atoms with Crippen molar-refractivity contribution in [1.29, 1.82) is 0 Å². The van der Waals surface area contributed by atoms with Crippen molar-refractivity contribution >= 4 is 17.7 Å². The van der Waals surface area contributed by atoms with Crippen LogP contribution in [0.5, 0.6) is 0 Å². The topological polar surface area (TPSA) is 60.9 Å². The number of hydrogen-bond donors (Lipinski definition) is 0. The highest BCUT2D eigenvalue weighted by atomic mass is 16.2. The van der Waals surface area contributed by atoms with Crippen LogP contribution >= 0.6 is 0 Å². The molecule has 150 valence electrons. The van der Waals surface area contributed by atoms with Crippen molar-refractivity contribution in [3.8, 4) is 0 Å². The summed E-state index contributed by atoms with van der Waals surface area (Å²) in [6.45, 7) is 4.53. The predicted octanol–water partition coefficient (Wildman–Crippen LogP) is 2.52. The molecule has 2 heterocycles. The molecule has 29 heavy (non-hydrogen) atoms. The number of hydrogen-bond acceptors (Lipinski definition) is 4. The van der Waals surface area contributed by atoms with E-state index in [1.54, 1.807) is 24.3 Å². The molecule has 6 nitrogen and oxygen atoms in total. The number of unbranched alkanes of at least 4 members (excludes halogenated alkanes) is 1. The van der Waals surface area contributed by atoms with Gasteiger partial charge in [0, 0.05) is 38.3 Å². The number of fused-ring (bicyclic) bond motifs is 1. The summed E-state index contributed by atoms with van der Waals surface area (Å²) in [5.41, 5.74) is 1.76. The number of carbonyl (C=O) groups excluding carboxylic acids is 3. The smallest absolute Gasteiger partial charge is 0.261 e. The number of imide groups is 1. The molecule has 6 heteroatoms. The fraction of sp³-hybridized carbons (Fsp3) is 0.348. The molecule has 2 aromatic carbocycles. The van der Waals surface area contributed by atoms with Crippen LogP contribution < -0.4 is 0 Å². The van der Waals surface area contributed by atoms with Gasteiger partial charge in [-0.3, -0.25) is 24.2 Å². The molecule has 1 fully saturated rings. The van der Waals surface area contributed by atoms with Crippen LogP contribution in [-0.4, -0.2) is 71.7 Å². The van der Waals surface area contributed by atoms with Crippen LogP contribution in [0, 0.1) is 0 Å². The Labute approximate surface area is 170 Å². The molecule has 0 radical (unpaired) electrons. The highest BCUT2D eigenvalue weighted by Gasteiger charge is 2.34. The van der Waals surface area contributed by atoms with Crippen LogP contribution in [0.15, 0.2) is 54.6 Å². The summed E-state index contributed by atoms with van der Waals surface area (Å²) in [4.78, 5) is 42.9. The Bertz CT molecular complexity index is 870. The van der Waals surface area contributed by atoms with Gasteiger partial charge in [-0.05, 0) is 43.7 Å². The average molecular weight is 391 g/mol. The van der Waals surface area contributed by atoms with Gasteiger partial charge in [-0.1, -0.05) is 30.3 Å². The van der Waals surface area contributed by atoms with Crippen molar-refractivity contribution < 1.29 is 14.4 Å². The summed E-state index contributed by atoms with van der Waals surface area (Å²) < 4.78 is 0. The van der Waals surface area contributed by atoms with Crippen molar-refractivity contribution in [2.45, 2.75) is 12.8 Å². The van der Waals surface area contributed by atoms with Gasteiger partial charge in [0.25, 0.3) is 17.7 Å². The Morgan fingerprint density at radius 1 is 0.724 bits per heavy atom. The number of carbonyl (C=O) groups is 3. The Morgan fingerprint density at radius 2 is 1.28 bits per heavy atom. The van der Waals surface area contributed by atoms with E-state index in [1.807, 2.05) is 35.2 Å². The largest absolute Gasteiger partial charge is 0.336 e. The monoisotopic (exact) mass is 391 g/mol. The van der Waals surface area contributed by atoms with Gasteiger partial charge in [-0.2, -0.15) is 0 Å². The molecular weight excluding hydrogens is 366 g/mol. The number of rotatable bonds is 6. The van der Waals surface area contributed by atoms with E-state index in [2.05, 4.69) is 4.90 Å². The molecule has 2 aliphatic rings. The zero-order chi connectivity index (χ0) is 20.2. The second-order valence-corrected chi connectivity index (χ2v) is 7.51. The first-order valence-electron chi connectivity index (χ1n) is 10.2. The van der Waals surface area contributed by atoms with Gasteiger partial charge in [0.2, 0.25) is 0 Å². The Kier molecular flexibility index (Phi) is 5.71. The lowest BCUT2D eigenvalue weighted by molar-refractivity contribution is 0.0631. The third-order valence-corrected chi connectivity index (χ3v) is 5.66. The van der Waals surface area contributed by atoms with Gasteiger partial charge in [0.1, 0.15) is 0 Å². The van der Waals surface area contributed by atoms with Crippen molar-refractivity contribution in [2.24, 2.45) is 0 Å². The van der Waals surface area contributed by atoms with Crippen LogP contribution in [0.25, 0.3) is 0 Å². The maximum Gasteiger partial charge on any atom is 0.261 e. The number of amides is 3. The van der Waals surface area contributed by atoms with E-state index >= 15 is 0 Å². The normalized spacial score (nSPS) is 17.0. The zero-order valence-electron chi connectivity index (χ0n) is 16.4. The summed E-state index contributed by atoms with van der Waals surface area (Å²) in [7, 11) is 0. The molecule has 3 amide bonds. The SMILES string of the molecule is O=C(c1ccccc1)N1CCN(CCCCN2C(=O)c3ccccc3C2=O)CC1. The lowest BCUT2D eigenvalue weighted by atomic mass is 10.1. The lowest BCUT2D eigenvalue weighted by Gasteiger charge is -2.34. The molecule has 0 unspecified atom stereocenters. The molecule has 0 spiro atoms. The van der Waals surface area contributed by atoms with Crippen molar-refractivity contribution in [3.63, 3.8) is 0 Å². The lowest BCUT2D eigenvalue weighted by Crippen LogP contribution is -2.48. The van der Waals surface area contributed by atoms with Crippen LogP contribution in [0.3, 0.4) is 0 Å². The van der Waals surface area contributed by atoms with E-state index < -0.39 is 0 Å². The molecule has 0 N–H and O–H groups in total. The molecule has 2 aromatic rings. The first-order chi connectivity index (χ1) is 14.1. The Morgan fingerprint density at radius 3 is 1.90 bits per heavy atom. The molecular formula is C23H25N3O3. The summed E-state index contributed by atoms with van der Waals surface area (Å²) in [6.07, 6.45) is 1.70. The average Bonchev–Trinajstić information content (AvgIpc) is 3.02. The van der Waals surface area contributed by atoms with Crippen LogP contribution in [0.1, 0.15) is 43.9 Å². The third-order valence-electron chi connectivity index (χ3n) is 5.66.